The maximum Gasteiger partial charge on any atom is 0.224 e. The zero-order valence-electron chi connectivity index (χ0n) is 11.3. The van der Waals surface area contributed by atoms with Crippen LogP contribution in [0, 0.1) is 6.92 Å². The number of carbonyl (C=O) groups excluding carboxylic acids is 1. The molecule has 0 radical (unpaired) electrons. The van der Waals surface area contributed by atoms with Crippen molar-refractivity contribution in [2.24, 2.45) is 0 Å². The average molecular weight is 289 g/mol. The molecule has 0 aromatic heterocycles. The van der Waals surface area contributed by atoms with E-state index in [1.807, 2.05) is 37.3 Å². The Hall–Kier alpha value is -2.00. The molecule has 0 bridgehead atoms. The second-order valence-electron chi connectivity index (χ2n) is 4.72. The summed E-state index contributed by atoms with van der Waals surface area (Å²) in [6.07, 6.45) is 1.05. The molecule has 3 N–H and O–H groups in total. The van der Waals surface area contributed by atoms with Gasteiger partial charge in [0.2, 0.25) is 5.91 Å². The van der Waals surface area contributed by atoms with E-state index in [-0.39, 0.29) is 5.91 Å². The van der Waals surface area contributed by atoms with Gasteiger partial charge in [0, 0.05) is 12.1 Å². The van der Waals surface area contributed by atoms with Crippen LogP contribution in [0.2, 0.25) is 5.02 Å². The highest BCUT2D eigenvalue weighted by Gasteiger charge is 2.06. The standard InChI is InChI=1S/C16H17ClN2O/c1-11-6-7-12(10-14(11)18)8-9-16(20)19-15-5-3-2-4-13(15)17/h2-7,10H,8-9,18H2,1H3,(H,19,20). The molecule has 4 heteroatoms. The molecule has 0 saturated carbocycles. The summed E-state index contributed by atoms with van der Waals surface area (Å²) in [7, 11) is 0. The van der Waals surface area contributed by atoms with Crippen molar-refractivity contribution in [2.45, 2.75) is 19.8 Å². The van der Waals surface area contributed by atoms with Crippen LogP contribution in [0.1, 0.15) is 17.5 Å². The van der Waals surface area contributed by atoms with Crippen molar-refractivity contribution >= 4 is 28.9 Å². The Morgan fingerprint density at radius 2 is 2.00 bits per heavy atom. The number of rotatable bonds is 4. The first-order valence-corrected chi connectivity index (χ1v) is 6.83. The molecule has 0 fully saturated rings. The predicted molar refractivity (Wildman–Crippen MR) is 84.0 cm³/mol. The van der Waals surface area contributed by atoms with Crippen LogP contribution in [-0.4, -0.2) is 5.91 Å². The maximum absolute atomic E-state index is 11.9. The molecule has 104 valence electrons. The third-order valence-corrected chi connectivity index (χ3v) is 3.46. The number of para-hydroxylation sites is 1. The Balaban J connectivity index is 1.92. The van der Waals surface area contributed by atoms with Crippen LogP contribution in [0.15, 0.2) is 42.5 Å². The maximum atomic E-state index is 11.9. The smallest absolute Gasteiger partial charge is 0.224 e. The monoisotopic (exact) mass is 288 g/mol. The summed E-state index contributed by atoms with van der Waals surface area (Å²) < 4.78 is 0. The van der Waals surface area contributed by atoms with Gasteiger partial charge in [0.1, 0.15) is 0 Å². The van der Waals surface area contributed by atoms with E-state index >= 15 is 0 Å². The summed E-state index contributed by atoms with van der Waals surface area (Å²) >= 11 is 5.99. The number of nitrogen functional groups attached to an aromatic ring is 1. The van der Waals surface area contributed by atoms with Crippen LogP contribution >= 0.6 is 11.6 Å². The molecule has 2 aromatic rings. The molecule has 20 heavy (non-hydrogen) atoms. The summed E-state index contributed by atoms with van der Waals surface area (Å²) in [6, 6.07) is 13.1. The largest absolute Gasteiger partial charge is 0.399 e. The summed E-state index contributed by atoms with van der Waals surface area (Å²) in [5.74, 6) is -0.0581. The van der Waals surface area contributed by atoms with Gasteiger partial charge in [0.05, 0.1) is 10.7 Å². The summed E-state index contributed by atoms with van der Waals surface area (Å²) in [5, 5.41) is 3.35. The van der Waals surface area contributed by atoms with Gasteiger partial charge < -0.3 is 11.1 Å². The molecule has 0 aliphatic rings. The molecule has 0 aliphatic heterocycles. The topological polar surface area (TPSA) is 55.1 Å². The third kappa shape index (κ3) is 3.75. The van der Waals surface area contributed by atoms with Gasteiger partial charge in [-0.2, -0.15) is 0 Å². The van der Waals surface area contributed by atoms with Crippen LogP contribution in [0.5, 0.6) is 0 Å². The number of anilines is 2. The Morgan fingerprint density at radius 1 is 1.25 bits per heavy atom. The quantitative estimate of drug-likeness (QED) is 0.841. The lowest BCUT2D eigenvalue weighted by Gasteiger charge is -2.08. The number of nitrogens with two attached hydrogens (primary N) is 1. The van der Waals surface area contributed by atoms with Gasteiger partial charge in [-0.05, 0) is 42.7 Å². The zero-order valence-corrected chi connectivity index (χ0v) is 12.1. The Morgan fingerprint density at radius 3 is 2.70 bits per heavy atom. The molecule has 0 heterocycles. The highest BCUT2D eigenvalue weighted by atomic mass is 35.5. The van der Waals surface area contributed by atoms with Gasteiger partial charge >= 0.3 is 0 Å². The molecule has 0 unspecified atom stereocenters. The number of benzene rings is 2. The third-order valence-electron chi connectivity index (χ3n) is 3.13. The molecule has 2 rings (SSSR count). The van der Waals surface area contributed by atoms with E-state index in [0.717, 1.165) is 16.8 Å². The molecule has 0 aliphatic carbocycles. The zero-order chi connectivity index (χ0) is 14.5. The number of hydrogen-bond acceptors (Lipinski definition) is 2. The predicted octanol–water partition coefficient (Wildman–Crippen LogP) is 3.80. The highest BCUT2D eigenvalue weighted by molar-refractivity contribution is 6.33. The van der Waals surface area contributed by atoms with E-state index in [2.05, 4.69) is 5.32 Å². The van der Waals surface area contributed by atoms with E-state index in [9.17, 15) is 4.79 Å². The Labute approximate surface area is 123 Å². The average Bonchev–Trinajstić information content (AvgIpc) is 2.43. The summed E-state index contributed by atoms with van der Waals surface area (Å²) in [4.78, 5) is 11.9. The van der Waals surface area contributed by atoms with E-state index in [4.69, 9.17) is 17.3 Å². The lowest BCUT2D eigenvalue weighted by molar-refractivity contribution is -0.116. The minimum atomic E-state index is -0.0581. The van der Waals surface area contributed by atoms with Crippen molar-refractivity contribution in [3.63, 3.8) is 0 Å². The lowest BCUT2D eigenvalue weighted by atomic mass is 10.1. The van der Waals surface area contributed by atoms with Crippen molar-refractivity contribution in [1.29, 1.82) is 0 Å². The van der Waals surface area contributed by atoms with Crippen molar-refractivity contribution in [3.05, 3.63) is 58.6 Å². The SMILES string of the molecule is Cc1ccc(CCC(=O)Nc2ccccc2Cl)cc1N. The summed E-state index contributed by atoms with van der Waals surface area (Å²) in [5.41, 5.74) is 9.36. The van der Waals surface area contributed by atoms with Crippen LogP contribution in [0.4, 0.5) is 11.4 Å². The molecule has 2 aromatic carbocycles. The first kappa shape index (κ1) is 14.4. The van der Waals surface area contributed by atoms with Crippen molar-refractivity contribution in [3.8, 4) is 0 Å². The van der Waals surface area contributed by atoms with Gasteiger partial charge in [-0.1, -0.05) is 35.9 Å². The second-order valence-corrected chi connectivity index (χ2v) is 5.13. The number of amides is 1. The number of aryl methyl sites for hydroxylation is 2. The second kappa shape index (κ2) is 6.44. The Bertz CT molecular complexity index is 626. The van der Waals surface area contributed by atoms with Crippen LogP contribution in [-0.2, 0) is 11.2 Å². The van der Waals surface area contributed by atoms with Crippen LogP contribution in [0.25, 0.3) is 0 Å². The van der Waals surface area contributed by atoms with E-state index in [1.165, 1.54) is 0 Å². The molecular formula is C16H17ClN2O. The van der Waals surface area contributed by atoms with Crippen molar-refractivity contribution < 1.29 is 4.79 Å². The van der Waals surface area contributed by atoms with Crippen LogP contribution < -0.4 is 11.1 Å². The molecule has 0 saturated heterocycles. The van der Waals surface area contributed by atoms with Crippen molar-refractivity contribution in [1.82, 2.24) is 0 Å². The molecule has 0 atom stereocenters. The normalized spacial score (nSPS) is 10.3. The molecule has 3 nitrogen and oxygen atoms in total. The van der Waals surface area contributed by atoms with E-state index in [0.29, 0.717) is 23.6 Å². The molecule has 1 amide bonds. The number of nitrogens with one attached hydrogen (secondary N) is 1. The van der Waals surface area contributed by atoms with Crippen molar-refractivity contribution in [2.75, 3.05) is 11.1 Å². The fraction of sp³-hybridized carbons (Fsp3) is 0.188. The fourth-order valence-electron chi connectivity index (χ4n) is 1.88. The highest BCUT2D eigenvalue weighted by Crippen LogP contribution is 2.21. The minimum absolute atomic E-state index is 0.0581. The van der Waals surface area contributed by atoms with Gasteiger partial charge in [0.25, 0.3) is 0 Å². The van der Waals surface area contributed by atoms with E-state index in [1.54, 1.807) is 12.1 Å². The Kier molecular flexibility index (Phi) is 4.64. The lowest BCUT2D eigenvalue weighted by Crippen LogP contribution is -2.12. The van der Waals surface area contributed by atoms with Gasteiger partial charge in [-0.3, -0.25) is 4.79 Å². The van der Waals surface area contributed by atoms with E-state index < -0.39 is 0 Å². The number of carbonyl (C=O) groups is 1. The fourth-order valence-corrected chi connectivity index (χ4v) is 2.06. The van der Waals surface area contributed by atoms with Gasteiger partial charge in [-0.15, -0.1) is 0 Å². The van der Waals surface area contributed by atoms with Crippen LogP contribution in [0.3, 0.4) is 0 Å². The minimum Gasteiger partial charge on any atom is -0.399 e. The molecular weight excluding hydrogens is 272 g/mol. The number of halogens is 1. The molecule has 0 spiro atoms. The number of hydrogen-bond donors (Lipinski definition) is 2. The van der Waals surface area contributed by atoms with Gasteiger partial charge in [-0.25, -0.2) is 0 Å². The first-order chi connectivity index (χ1) is 9.56. The van der Waals surface area contributed by atoms with Gasteiger partial charge in [0.15, 0.2) is 0 Å². The first-order valence-electron chi connectivity index (χ1n) is 6.45. The summed E-state index contributed by atoms with van der Waals surface area (Å²) in [6.45, 7) is 1.96.